The second-order valence-corrected chi connectivity index (χ2v) is 7.91. The lowest BCUT2D eigenvalue weighted by atomic mass is 9.97. The number of benzene rings is 2. The second kappa shape index (κ2) is 8.47. The highest BCUT2D eigenvalue weighted by Crippen LogP contribution is 2.41. The molecule has 0 radical (unpaired) electrons. The standard InChI is InChI=1S/C26H22N4O4/c1-3-34-20-12-11-16(14-15(20)2)23(31)21-22(19-10-6-7-13-27-19)30(25(33)24(21)32)26-28-17-8-4-5-9-18(17)29-26/h4-14,22,31H,3H2,1-2H3,(H,28,29)/b23-21+. The van der Waals surface area contributed by atoms with Gasteiger partial charge in [0.15, 0.2) is 0 Å². The number of hydrogen-bond acceptors (Lipinski definition) is 6. The summed E-state index contributed by atoms with van der Waals surface area (Å²) in [6.07, 6.45) is 1.58. The summed E-state index contributed by atoms with van der Waals surface area (Å²) >= 11 is 0. The molecular formula is C26H22N4O4. The quantitative estimate of drug-likeness (QED) is 0.265. The molecule has 0 aliphatic carbocycles. The minimum Gasteiger partial charge on any atom is -0.507 e. The number of carbonyl (C=O) groups excluding carboxylic acids is 2. The average Bonchev–Trinajstić information content (AvgIpc) is 3.39. The van der Waals surface area contributed by atoms with Crippen molar-refractivity contribution < 1.29 is 19.4 Å². The Balaban J connectivity index is 1.69. The summed E-state index contributed by atoms with van der Waals surface area (Å²) in [5.74, 6) is -0.984. The first-order valence-electron chi connectivity index (χ1n) is 10.9. The summed E-state index contributed by atoms with van der Waals surface area (Å²) in [6, 6.07) is 16.7. The number of ether oxygens (including phenoxy) is 1. The van der Waals surface area contributed by atoms with Gasteiger partial charge in [-0.05, 0) is 61.9 Å². The molecule has 1 saturated heterocycles. The van der Waals surface area contributed by atoms with Gasteiger partial charge in [-0.2, -0.15) is 0 Å². The topological polar surface area (TPSA) is 108 Å². The first-order valence-corrected chi connectivity index (χ1v) is 10.9. The minimum absolute atomic E-state index is 0.0484. The zero-order chi connectivity index (χ0) is 23.8. The van der Waals surface area contributed by atoms with Crippen molar-refractivity contribution in [3.63, 3.8) is 0 Å². The zero-order valence-corrected chi connectivity index (χ0v) is 18.6. The number of hydrogen-bond donors (Lipinski definition) is 2. The fourth-order valence-electron chi connectivity index (χ4n) is 4.19. The van der Waals surface area contributed by atoms with Crippen LogP contribution < -0.4 is 9.64 Å². The Morgan fingerprint density at radius 1 is 1.12 bits per heavy atom. The van der Waals surface area contributed by atoms with Gasteiger partial charge in [0, 0.05) is 11.8 Å². The summed E-state index contributed by atoms with van der Waals surface area (Å²) in [6.45, 7) is 4.25. The number of rotatable bonds is 5. The molecule has 1 aliphatic heterocycles. The van der Waals surface area contributed by atoms with Crippen molar-refractivity contribution >= 4 is 34.4 Å². The molecule has 5 rings (SSSR count). The Hall–Kier alpha value is -4.46. The van der Waals surface area contributed by atoms with E-state index in [9.17, 15) is 14.7 Å². The van der Waals surface area contributed by atoms with Gasteiger partial charge in [-0.3, -0.25) is 19.5 Å². The van der Waals surface area contributed by atoms with Gasteiger partial charge in [-0.1, -0.05) is 18.2 Å². The lowest BCUT2D eigenvalue weighted by Crippen LogP contribution is -2.30. The van der Waals surface area contributed by atoms with E-state index in [1.165, 1.54) is 4.90 Å². The van der Waals surface area contributed by atoms with Crippen molar-refractivity contribution in [1.82, 2.24) is 15.0 Å². The third-order valence-electron chi connectivity index (χ3n) is 5.77. The molecule has 1 unspecified atom stereocenters. The number of imidazole rings is 1. The predicted molar refractivity (Wildman–Crippen MR) is 127 cm³/mol. The van der Waals surface area contributed by atoms with Crippen molar-refractivity contribution in [2.24, 2.45) is 0 Å². The largest absolute Gasteiger partial charge is 0.507 e. The molecule has 170 valence electrons. The van der Waals surface area contributed by atoms with Gasteiger partial charge >= 0.3 is 5.91 Å². The van der Waals surface area contributed by atoms with Crippen LogP contribution >= 0.6 is 0 Å². The Bertz CT molecular complexity index is 1410. The highest BCUT2D eigenvalue weighted by atomic mass is 16.5. The molecule has 8 nitrogen and oxygen atoms in total. The maximum absolute atomic E-state index is 13.3. The van der Waals surface area contributed by atoms with Crippen molar-refractivity contribution in [1.29, 1.82) is 0 Å². The van der Waals surface area contributed by atoms with E-state index in [0.29, 0.717) is 29.1 Å². The molecule has 1 atom stereocenters. The Morgan fingerprint density at radius 3 is 2.62 bits per heavy atom. The van der Waals surface area contributed by atoms with E-state index in [1.807, 2.05) is 38.1 Å². The first-order chi connectivity index (χ1) is 16.5. The highest BCUT2D eigenvalue weighted by molar-refractivity contribution is 6.51. The Kier molecular flexibility index (Phi) is 5.33. The normalized spacial score (nSPS) is 17.5. The Morgan fingerprint density at radius 2 is 1.91 bits per heavy atom. The molecule has 0 spiro atoms. The molecule has 0 saturated carbocycles. The number of Topliss-reactive ketones (excluding diaryl/α,β-unsaturated/α-hetero) is 1. The van der Waals surface area contributed by atoms with E-state index in [2.05, 4.69) is 15.0 Å². The van der Waals surface area contributed by atoms with Crippen molar-refractivity contribution in [3.05, 3.63) is 89.3 Å². The van der Waals surface area contributed by atoms with Crippen LogP contribution in [0.4, 0.5) is 5.95 Å². The summed E-state index contributed by atoms with van der Waals surface area (Å²) in [5.41, 5.74) is 2.97. The second-order valence-electron chi connectivity index (χ2n) is 7.91. The van der Waals surface area contributed by atoms with Gasteiger partial charge in [0.25, 0.3) is 5.78 Å². The van der Waals surface area contributed by atoms with E-state index >= 15 is 0 Å². The number of nitrogens with zero attached hydrogens (tertiary/aromatic N) is 3. The van der Waals surface area contributed by atoms with E-state index in [1.54, 1.807) is 42.6 Å². The molecule has 1 amide bonds. The van der Waals surface area contributed by atoms with Crippen molar-refractivity contribution in [2.75, 3.05) is 11.5 Å². The number of amides is 1. The number of aryl methyl sites for hydroxylation is 1. The zero-order valence-electron chi connectivity index (χ0n) is 18.6. The predicted octanol–water partition coefficient (Wildman–Crippen LogP) is 4.29. The lowest BCUT2D eigenvalue weighted by Gasteiger charge is -2.22. The molecule has 0 bridgehead atoms. The van der Waals surface area contributed by atoms with Gasteiger partial charge in [0.2, 0.25) is 5.95 Å². The number of anilines is 1. The monoisotopic (exact) mass is 454 g/mol. The summed E-state index contributed by atoms with van der Waals surface area (Å²) < 4.78 is 5.58. The van der Waals surface area contributed by atoms with Crippen LogP contribution in [0.5, 0.6) is 5.75 Å². The summed E-state index contributed by atoms with van der Waals surface area (Å²) in [7, 11) is 0. The van der Waals surface area contributed by atoms with Crippen LogP contribution in [0.15, 0.2) is 72.4 Å². The third-order valence-corrected chi connectivity index (χ3v) is 5.77. The minimum atomic E-state index is -0.950. The number of carbonyl (C=O) groups is 2. The van der Waals surface area contributed by atoms with Gasteiger partial charge < -0.3 is 14.8 Å². The number of ketones is 1. The summed E-state index contributed by atoms with van der Waals surface area (Å²) in [4.78, 5) is 39.8. The molecule has 2 aromatic carbocycles. The molecule has 34 heavy (non-hydrogen) atoms. The van der Waals surface area contributed by atoms with Crippen LogP contribution in [0, 0.1) is 6.92 Å². The van der Waals surface area contributed by atoms with Crippen LogP contribution in [0.2, 0.25) is 0 Å². The number of fused-ring (bicyclic) bond motifs is 1. The molecule has 3 heterocycles. The molecule has 2 N–H and O–H groups in total. The maximum Gasteiger partial charge on any atom is 0.302 e. The molecule has 1 aliphatic rings. The smallest absolute Gasteiger partial charge is 0.302 e. The number of H-pyrrole nitrogens is 1. The SMILES string of the molecule is CCOc1ccc(/C(O)=C2\C(=O)C(=O)N(c3nc4ccccc4[nH]3)C2c2ccccn2)cc1C. The van der Waals surface area contributed by atoms with E-state index in [-0.39, 0.29) is 17.3 Å². The van der Waals surface area contributed by atoms with Gasteiger partial charge in [0.1, 0.15) is 17.6 Å². The number of aromatic amines is 1. The number of para-hydroxylation sites is 2. The number of aliphatic hydroxyl groups excluding tert-OH is 1. The fourth-order valence-corrected chi connectivity index (χ4v) is 4.19. The van der Waals surface area contributed by atoms with Crippen LogP contribution in [0.25, 0.3) is 16.8 Å². The highest BCUT2D eigenvalue weighted by Gasteiger charge is 2.48. The molecule has 4 aromatic rings. The molecule has 1 fully saturated rings. The van der Waals surface area contributed by atoms with Crippen LogP contribution in [-0.4, -0.2) is 38.4 Å². The van der Waals surface area contributed by atoms with Crippen molar-refractivity contribution in [3.8, 4) is 5.75 Å². The van der Waals surface area contributed by atoms with Gasteiger partial charge in [-0.25, -0.2) is 4.98 Å². The van der Waals surface area contributed by atoms with E-state index in [4.69, 9.17) is 4.74 Å². The number of aromatic nitrogens is 3. The van der Waals surface area contributed by atoms with Crippen LogP contribution in [-0.2, 0) is 9.59 Å². The van der Waals surface area contributed by atoms with E-state index in [0.717, 1.165) is 11.1 Å². The van der Waals surface area contributed by atoms with Crippen molar-refractivity contribution in [2.45, 2.75) is 19.9 Å². The fraction of sp³-hybridized carbons (Fsp3) is 0.154. The van der Waals surface area contributed by atoms with Crippen LogP contribution in [0.1, 0.15) is 29.8 Å². The lowest BCUT2D eigenvalue weighted by molar-refractivity contribution is -0.132. The number of nitrogens with one attached hydrogen (secondary N) is 1. The summed E-state index contributed by atoms with van der Waals surface area (Å²) in [5, 5.41) is 11.3. The van der Waals surface area contributed by atoms with Crippen LogP contribution in [0.3, 0.4) is 0 Å². The first kappa shape index (κ1) is 21.4. The number of pyridine rings is 1. The molecule has 2 aromatic heterocycles. The Labute approximate surface area is 195 Å². The average molecular weight is 454 g/mol. The van der Waals surface area contributed by atoms with Gasteiger partial charge in [-0.15, -0.1) is 0 Å². The molecule has 8 heteroatoms. The molecular weight excluding hydrogens is 432 g/mol. The maximum atomic E-state index is 13.3. The number of aliphatic hydroxyl groups is 1. The van der Waals surface area contributed by atoms with Gasteiger partial charge in [0.05, 0.1) is 28.9 Å². The third kappa shape index (κ3) is 3.49. The van der Waals surface area contributed by atoms with E-state index < -0.39 is 17.7 Å².